The van der Waals surface area contributed by atoms with E-state index in [1.165, 1.54) is 15.9 Å². The Morgan fingerprint density at radius 1 is 1.20 bits per heavy atom. The number of methoxy groups -OCH3 is 1. The number of thiazole rings is 1. The molecule has 0 fully saturated rings. The number of rotatable bonds is 4. The highest BCUT2D eigenvalue weighted by Gasteiger charge is 2.19. The Hall–Kier alpha value is -3.65. The van der Waals surface area contributed by atoms with Crippen LogP contribution in [0.1, 0.15) is 16.1 Å². The summed E-state index contributed by atoms with van der Waals surface area (Å²) in [5.41, 5.74) is 9.89. The number of nitrogens with zero attached hydrogens (tertiary/aromatic N) is 3. The van der Waals surface area contributed by atoms with Crippen molar-refractivity contribution in [1.82, 2.24) is 14.5 Å². The standard InChI is InChI=1S/C22H18N4O3S/c1-28-16-4-2-3-13(10-16)17-11-26(22(23)25-17)21(27)18-12-30-20(24-18)15-5-6-19-14(9-15)7-8-29-19/h2-6,9-12H,7-8H2,1H3,(H2,23,25). The SMILES string of the molecule is COc1cccc(-c2cn(C(=O)c3csc(-c4ccc5c(c4)CCO5)n3)c(N)n2)c1. The van der Waals surface area contributed by atoms with E-state index >= 15 is 0 Å². The number of ether oxygens (including phenoxy) is 2. The van der Waals surface area contributed by atoms with Crippen molar-refractivity contribution in [3.63, 3.8) is 0 Å². The molecule has 0 aliphatic carbocycles. The quantitative estimate of drug-likeness (QED) is 0.541. The van der Waals surface area contributed by atoms with E-state index in [4.69, 9.17) is 15.2 Å². The van der Waals surface area contributed by atoms with Crippen LogP contribution in [0.15, 0.2) is 54.0 Å². The summed E-state index contributed by atoms with van der Waals surface area (Å²) in [7, 11) is 1.60. The zero-order valence-electron chi connectivity index (χ0n) is 16.2. The summed E-state index contributed by atoms with van der Waals surface area (Å²) in [6.45, 7) is 0.704. The molecule has 0 saturated carbocycles. The maximum absolute atomic E-state index is 13.0. The molecule has 0 saturated heterocycles. The van der Waals surface area contributed by atoms with E-state index in [0.29, 0.717) is 23.7 Å². The zero-order valence-corrected chi connectivity index (χ0v) is 17.0. The molecular weight excluding hydrogens is 400 g/mol. The Morgan fingerprint density at radius 2 is 2.10 bits per heavy atom. The van der Waals surface area contributed by atoms with E-state index in [0.717, 1.165) is 33.9 Å². The first-order chi connectivity index (χ1) is 14.6. The lowest BCUT2D eigenvalue weighted by molar-refractivity contribution is 0.0958. The average Bonchev–Trinajstić information content (AvgIpc) is 3.52. The second-order valence-electron chi connectivity index (χ2n) is 6.85. The fourth-order valence-corrected chi connectivity index (χ4v) is 4.22. The van der Waals surface area contributed by atoms with E-state index in [-0.39, 0.29) is 11.9 Å². The summed E-state index contributed by atoms with van der Waals surface area (Å²) in [4.78, 5) is 21.9. The van der Waals surface area contributed by atoms with Crippen LogP contribution >= 0.6 is 11.3 Å². The van der Waals surface area contributed by atoms with Crippen LogP contribution in [0.2, 0.25) is 0 Å². The van der Waals surface area contributed by atoms with Crippen molar-refractivity contribution < 1.29 is 14.3 Å². The third-order valence-corrected chi connectivity index (χ3v) is 5.87. The van der Waals surface area contributed by atoms with Crippen molar-refractivity contribution in [3.05, 3.63) is 65.3 Å². The predicted molar refractivity (Wildman–Crippen MR) is 115 cm³/mol. The predicted octanol–water partition coefficient (Wildman–Crippen LogP) is 3.89. The van der Waals surface area contributed by atoms with Crippen LogP contribution in [0.4, 0.5) is 5.95 Å². The van der Waals surface area contributed by atoms with Gasteiger partial charge >= 0.3 is 0 Å². The van der Waals surface area contributed by atoms with Gasteiger partial charge in [0.05, 0.1) is 19.4 Å². The summed E-state index contributed by atoms with van der Waals surface area (Å²) >= 11 is 1.42. The van der Waals surface area contributed by atoms with Gasteiger partial charge in [-0.3, -0.25) is 4.79 Å². The molecule has 7 nitrogen and oxygen atoms in total. The number of carbonyl (C=O) groups excluding carboxylic acids is 1. The lowest BCUT2D eigenvalue weighted by Crippen LogP contribution is -2.14. The molecule has 1 aliphatic rings. The maximum atomic E-state index is 13.0. The van der Waals surface area contributed by atoms with E-state index in [1.54, 1.807) is 18.7 Å². The molecule has 0 amide bonds. The normalized spacial score (nSPS) is 12.4. The van der Waals surface area contributed by atoms with Gasteiger partial charge in [0.1, 0.15) is 22.2 Å². The van der Waals surface area contributed by atoms with Crippen molar-refractivity contribution >= 4 is 23.2 Å². The minimum Gasteiger partial charge on any atom is -0.497 e. The summed E-state index contributed by atoms with van der Waals surface area (Å²) in [6.07, 6.45) is 2.51. The van der Waals surface area contributed by atoms with Crippen molar-refractivity contribution in [1.29, 1.82) is 0 Å². The maximum Gasteiger partial charge on any atom is 0.284 e. The molecule has 1 aliphatic heterocycles. The van der Waals surface area contributed by atoms with Gasteiger partial charge in [-0.25, -0.2) is 14.5 Å². The van der Waals surface area contributed by atoms with Crippen LogP contribution in [0, 0.1) is 0 Å². The summed E-state index contributed by atoms with van der Waals surface area (Å²) in [5.74, 6) is 1.42. The van der Waals surface area contributed by atoms with Gasteiger partial charge in [0.15, 0.2) is 0 Å². The first-order valence-corrected chi connectivity index (χ1v) is 10.3. The molecule has 0 radical (unpaired) electrons. The Bertz CT molecular complexity index is 1260. The molecule has 30 heavy (non-hydrogen) atoms. The number of aromatic nitrogens is 3. The number of fused-ring (bicyclic) bond motifs is 1. The van der Waals surface area contributed by atoms with Crippen molar-refractivity contribution in [2.45, 2.75) is 6.42 Å². The molecule has 0 unspecified atom stereocenters. The van der Waals surface area contributed by atoms with Crippen molar-refractivity contribution in [2.75, 3.05) is 19.5 Å². The Morgan fingerprint density at radius 3 is 2.97 bits per heavy atom. The fourth-order valence-electron chi connectivity index (χ4n) is 3.43. The van der Waals surface area contributed by atoms with Crippen LogP contribution < -0.4 is 15.2 Å². The highest BCUT2D eigenvalue weighted by Crippen LogP contribution is 2.32. The number of hydrogen-bond donors (Lipinski definition) is 1. The highest BCUT2D eigenvalue weighted by atomic mass is 32.1. The number of anilines is 1. The lowest BCUT2D eigenvalue weighted by Gasteiger charge is -2.02. The highest BCUT2D eigenvalue weighted by molar-refractivity contribution is 7.13. The zero-order chi connectivity index (χ0) is 20.7. The van der Waals surface area contributed by atoms with Gasteiger partial charge in [-0.05, 0) is 35.9 Å². The Labute approximate surface area is 176 Å². The molecule has 0 atom stereocenters. The molecule has 8 heteroatoms. The molecule has 0 bridgehead atoms. The molecule has 0 spiro atoms. The topological polar surface area (TPSA) is 92.3 Å². The summed E-state index contributed by atoms with van der Waals surface area (Å²) in [6, 6.07) is 13.4. The van der Waals surface area contributed by atoms with E-state index in [2.05, 4.69) is 16.0 Å². The largest absolute Gasteiger partial charge is 0.497 e. The number of hydrogen-bond acceptors (Lipinski definition) is 7. The van der Waals surface area contributed by atoms with Gasteiger partial charge in [-0.15, -0.1) is 11.3 Å². The third kappa shape index (κ3) is 3.21. The van der Waals surface area contributed by atoms with Crippen LogP contribution in [0.25, 0.3) is 21.8 Å². The molecular formula is C22H18N4O3S. The van der Waals surface area contributed by atoms with Crippen LogP contribution in [-0.2, 0) is 6.42 Å². The minimum absolute atomic E-state index is 0.113. The summed E-state index contributed by atoms with van der Waals surface area (Å²) < 4.78 is 12.1. The van der Waals surface area contributed by atoms with Gasteiger partial charge in [-0.1, -0.05) is 12.1 Å². The van der Waals surface area contributed by atoms with Gasteiger partial charge in [0.2, 0.25) is 5.95 Å². The second kappa shape index (κ2) is 7.31. The fraction of sp³-hybridized carbons (Fsp3) is 0.136. The van der Waals surface area contributed by atoms with Gasteiger partial charge in [-0.2, -0.15) is 0 Å². The first-order valence-electron chi connectivity index (χ1n) is 9.38. The first kappa shape index (κ1) is 18.4. The number of imidazole rings is 1. The average molecular weight is 418 g/mol. The molecule has 5 rings (SSSR count). The third-order valence-electron chi connectivity index (χ3n) is 4.98. The minimum atomic E-state index is -0.318. The van der Waals surface area contributed by atoms with Crippen LogP contribution in [0.3, 0.4) is 0 Å². The van der Waals surface area contributed by atoms with Gasteiger partial charge in [0.25, 0.3) is 5.91 Å². The second-order valence-corrected chi connectivity index (χ2v) is 7.71. The van der Waals surface area contributed by atoms with E-state index < -0.39 is 0 Å². The molecule has 3 heterocycles. The molecule has 2 aromatic heterocycles. The number of carbonyl (C=O) groups is 1. The molecule has 150 valence electrons. The summed E-state index contributed by atoms with van der Waals surface area (Å²) in [5, 5.41) is 2.52. The lowest BCUT2D eigenvalue weighted by atomic mass is 10.1. The van der Waals surface area contributed by atoms with Gasteiger partial charge < -0.3 is 15.2 Å². The van der Waals surface area contributed by atoms with E-state index in [1.807, 2.05) is 36.4 Å². The van der Waals surface area contributed by atoms with E-state index in [9.17, 15) is 4.79 Å². The van der Waals surface area contributed by atoms with Crippen molar-refractivity contribution in [2.24, 2.45) is 0 Å². The Kier molecular flexibility index (Phi) is 4.48. The number of nitrogen functional groups attached to an aromatic ring is 1. The number of nitrogens with two attached hydrogens (primary N) is 1. The van der Waals surface area contributed by atoms with Crippen LogP contribution in [-0.4, -0.2) is 34.2 Å². The monoisotopic (exact) mass is 418 g/mol. The molecule has 2 aromatic carbocycles. The number of benzene rings is 2. The van der Waals surface area contributed by atoms with Crippen LogP contribution in [0.5, 0.6) is 11.5 Å². The smallest absolute Gasteiger partial charge is 0.284 e. The molecule has 4 aromatic rings. The molecule has 2 N–H and O–H groups in total. The van der Waals surface area contributed by atoms with Crippen molar-refractivity contribution in [3.8, 4) is 33.3 Å². The van der Waals surface area contributed by atoms with Gasteiger partial charge in [0, 0.05) is 29.1 Å². The Balaban J connectivity index is 1.44.